The third-order valence-electron chi connectivity index (χ3n) is 5.02. The Bertz CT molecular complexity index is 1110. The Hall–Kier alpha value is -2.25. The van der Waals surface area contributed by atoms with Gasteiger partial charge in [-0.05, 0) is 29.8 Å². The highest BCUT2D eigenvalue weighted by Crippen LogP contribution is 2.32. The molecule has 1 aromatic carbocycles. The zero-order valence-electron chi connectivity index (χ0n) is 15.1. The number of morpholine rings is 1. The first-order valence-electron chi connectivity index (χ1n) is 9.22. The normalized spacial score (nSPS) is 18.0. The standard InChI is InChI=1S/C21H19ClN4OS/c22-20-6-5-19(28-20)17-11-24-21(25-17)18-13-27-8-7-26(18)12-14-9-15-3-1-2-4-16(15)23-10-14/h1-6,9-11,18H,7-8,12-13H2,(H,24,25). The zero-order valence-corrected chi connectivity index (χ0v) is 16.7. The van der Waals surface area contributed by atoms with E-state index in [-0.39, 0.29) is 6.04 Å². The maximum absolute atomic E-state index is 6.07. The van der Waals surface area contributed by atoms with Crippen molar-refractivity contribution in [1.82, 2.24) is 19.9 Å². The number of hydrogen-bond acceptors (Lipinski definition) is 5. The molecular formula is C21H19ClN4OS. The van der Waals surface area contributed by atoms with Crippen molar-refractivity contribution >= 4 is 33.8 Å². The SMILES string of the molecule is Clc1ccc(-c2cnc(C3COCCN3Cc3cnc4ccccc4c3)[nH]2)s1. The molecule has 1 aliphatic heterocycles. The molecule has 5 nitrogen and oxygen atoms in total. The molecule has 0 radical (unpaired) electrons. The third-order valence-corrected chi connectivity index (χ3v) is 6.29. The Morgan fingerprint density at radius 3 is 3.00 bits per heavy atom. The number of halogens is 1. The number of para-hydroxylation sites is 1. The van der Waals surface area contributed by atoms with Crippen LogP contribution in [0.3, 0.4) is 0 Å². The first-order chi connectivity index (χ1) is 13.8. The lowest BCUT2D eigenvalue weighted by Gasteiger charge is -2.34. The number of aromatic nitrogens is 3. The number of hydrogen-bond donors (Lipinski definition) is 1. The summed E-state index contributed by atoms with van der Waals surface area (Å²) in [5.74, 6) is 0.924. The van der Waals surface area contributed by atoms with E-state index in [0.717, 1.165) is 45.9 Å². The van der Waals surface area contributed by atoms with E-state index in [1.54, 1.807) is 11.3 Å². The molecule has 1 fully saturated rings. The molecule has 1 aliphatic rings. The average Bonchev–Trinajstić information content (AvgIpc) is 3.37. The van der Waals surface area contributed by atoms with Gasteiger partial charge in [0.05, 0.1) is 45.9 Å². The summed E-state index contributed by atoms with van der Waals surface area (Å²) in [6, 6.07) is 14.4. The fourth-order valence-corrected chi connectivity index (χ4v) is 4.62. The fraction of sp³-hybridized carbons (Fsp3) is 0.238. The summed E-state index contributed by atoms with van der Waals surface area (Å²) >= 11 is 7.62. The molecule has 4 heterocycles. The molecule has 3 aromatic heterocycles. The summed E-state index contributed by atoms with van der Waals surface area (Å²) in [6.45, 7) is 3.02. The number of thiophene rings is 1. The Kier molecular flexibility index (Phi) is 4.86. The first-order valence-corrected chi connectivity index (χ1v) is 10.4. The van der Waals surface area contributed by atoms with Crippen molar-refractivity contribution < 1.29 is 4.74 Å². The van der Waals surface area contributed by atoms with Crippen molar-refractivity contribution in [2.75, 3.05) is 19.8 Å². The Balaban J connectivity index is 1.39. The van der Waals surface area contributed by atoms with Crippen LogP contribution in [0.15, 0.2) is 54.9 Å². The average molecular weight is 411 g/mol. The van der Waals surface area contributed by atoms with Crippen molar-refractivity contribution in [3.63, 3.8) is 0 Å². The molecule has 7 heteroatoms. The minimum atomic E-state index is 0.0874. The third kappa shape index (κ3) is 3.56. The maximum atomic E-state index is 6.07. The highest BCUT2D eigenvalue weighted by Gasteiger charge is 2.27. The second-order valence-corrected chi connectivity index (χ2v) is 8.60. The molecule has 0 saturated carbocycles. The van der Waals surface area contributed by atoms with Crippen LogP contribution < -0.4 is 0 Å². The van der Waals surface area contributed by atoms with Gasteiger partial charge in [0.15, 0.2) is 0 Å². The number of nitrogens with zero attached hydrogens (tertiary/aromatic N) is 3. The lowest BCUT2D eigenvalue weighted by molar-refractivity contribution is -0.0156. The Labute approximate surface area is 172 Å². The number of rotatable bonds is 4. The summed E-state index contributed by atoms with van der Waals surface area (Å²) in [5.41, 5.74) is 3.21. The molecule has 5 rings (SSSR count). The predicted octanol–water partition coefficient (Wildman–Crippen LogP) is 4.91. The monoisotopic (exact) mass is 410 g/mol. The van der Waals surface area contributed by atoms with Gasteiger partial charge in [-0.15, -0.1) is 11.3 Å². The number of aromatic amines is 1. The molecule has 0 aliphatic carbocycles. The molecule has 4 aromatic rings. The van der Waals surface area contributed by atoms with Crippen LogP contribution in [-0.4, -0.2) is 39.6 Å². The molecule has 1 N–H and O–H groups in total. The van der Waals surface area contributed by atoms with Gasteiger partial charge >= 0.3 is 0 Å². The largest absolute Gasteiger partial charge is 0.378 e. The van der Waals surface area contributed by atoms with Crippen LogP contribution in [0.1, 0.15) is 17.4 Å². The van der Waals surface area contributed by atoms with Crippen LogP contribution in [0, 0.1) is 0 Å². The van der Waals surface area contributed by atoms with E-state index in [0.29, 0.717) is 6.61 Å². The van der Waals surface area contributed by atoms with Crippen molar-refractivity contribution in [2.24, 2.45) is 0 Å². The smallest absolute Gasteiger partial charge is 0.126 e. The van der Waals surface area contributed by atoms with Crippen LogP contribution in [0.5, 0.6) is 0 Å². The molecule has 28 heavy (non-hydrogen) atoms. The van der Waals surface area contributed by atoms with E-state index in [1.165, 1.54) is 10.9 Å². The van der Waals surface area contributed by atoms with Gasteiger partial charge in [-0.2, -0.15) is 0 Å². The van der Waals surface area contributed by atoms with Gasteiger partial charge in [-0.1, -0.05) is 29.8 Å². The summed E-state index contributed by atoms with van der Waals surface area (Å²) < 4.78 is 6.53. The molecule has 142 valence electrons. The van der Waals surface area contributed by atoms with Crippen LogP contribution in [0.2, 0.25) is 4.34 Å². The lowest BCUT2D eigenvalue weighted by atomic mass is 10.1. The van der Waals surface area contributed by atoms with Gasteiger partial charge < -0.3 is 9.72 Å². The minimum absolute atomic E-state index is 0.0874. The fourth-order valence-electron chi connectivity index (χ4n) is 3.61. The molecule has 0 spiro atoms. The topological polar surface area (TPSA) is 54.0 Å². The number of H-pyrrole nitrogens is 1. The van der Waals surface area contributed by atoms with Gasteiger partial charge in [0.25, 0.3) is 0 Å². The van der Waals surface area contributed by atoms with Crippen LogP contribution >= 0.6 is 22.9 Å². The highest BCUT2D eigenvalue weighted by atomic mass is 35.5. The van der Waals surface area contributed by atoms with Crippen LogP contribution in [0.25, 0.3) is 21.5 Å². The molecule has 0 amide bonds. The number of fused-ring (bicyclic) bond motifs is 1. The predicted molar refractivity (Wildman–Crippen MR) is 113 cm³/mol. The summed E-state index contributed by atoms with van der Waals surface area (Å²) in [7, 11) is 0. The molecule has 1 atom stereocenters. The van der Waals surface area contributed by atoms with Crippen molar-refractivity contribution in [3.05, 3.63) is 70.6 Å². The molecule has 1 unspecified atom stereocenters. The van der Waals surface area contributed by atoms with Crippen molar-refractivity contribution in [2.45, 2.75) is 12.6 Å². The van der Waals surface area contributed by atoms with Gasteiger partial charge in [0.2, 0.25) is 0 Å². The van der Waals surface area contributed by atoms with Crippen molar-refractivity contribution in [3.8, 4) is 10.6 Å². The number of ether oxygens (including phenoxy) is 1. The van der Waals surface area contributed by atoms with E-state index in [1.807, 2.05) is 42.7 Å². The Morgan fingerprint density at radius 2 is 2.11 bits per heavy atom. The number of benzene rings is 1. The molecule has 0 bridgehead atoms. The molecular weight excluding hydrogens is 392 g/mol. The van der Waals surface area contributed by atoms with E-state index in [4.69, 9.17) is 16.3 Å². The maximum Gasteiger partial charge on any atom is 0.126 e. The number of pyridine rings is 1. The summed E-state index contributed by atoms with van der Waals surface area (Å²) in [4.78, 5) is 16.2. The second-order valence-electron chi connectivity index (χ2n) is 6.88. The molecule has 1 saturated heterocycles. The van der Waals surface area contributed by atoms with Gasteiger partial charge in [-0.25, -0.2) is 4.98 Å². The zero-order chi connectivity index (χ0) is 18.9. The van der Waals surface area contributed by atoms with Gasteiger partial charge in [-0.3, -0.25) is 9.88 Å². The van der Waals surface area contributed by atoms with Gasteiger partial charge in [0, 0.05) is 24.7 Å². The van der Waals surface area contributed by atoms with Crippen LogP contribution in [0.4, 0.5) is 0 Å². The quantitative estimate of drug-likeness (QED) is 0.519. The van der Waals surface area contributed by atoms with E-state index >= 15 is 0 Å². The van der Waals surface area contributed by atoms with Crippen LogP contribution in [-0.2, 0) is 11.3 Å². The van der Waals surface area contributed by atoms with Gasteiger partial charge in [0.1, 0.15) is 5.82 Å². The number of imidazole rings is 1. The number of nitrogens with one attached hydrogen (secondary N) is 1. The highest BCUT2D eigenvalue weighted by molar-refractivity contribution is 7.19. The van der Waals surface area contributed by atoms with E-state index in [2.05, 4.69) is 32.0 Å². The van der Waals surface area contributed by atoms with E-state index < -0.39 is 0 Å². The summed E-state index contributed by atoms with van der Waals surface area (Å²) in [6.07, 6.45) is 3.85. The first kappa shape index (κ1) is 17.8. The minimum Gasteiger partial charge on any atom is -0.378 e. The Morgan fingerprint density at radius 1 is 1.18 bits per heavy atom. The lowest BCUT2D eigenvalue weighted by Crippen LogP contribution is -2.39. The van der Waals surface area contributed by atoms with Crippen molar-refractivity contribution in [1.29, 1.82) is 0 Å². The summed E-state index contributed by atoms with van der Waals surface area (Å²) in [5, 5.41) is 1.17. The van der Waals surface area contributed by atoms with E-state index in [9.17, 15) is 0 Å². The second kappa shape index (κ2) is 7.64.